The molecule has 1 saturated heterocycles. The van der Waals surface area contributed by atoms with Crippen LogP contribution in [0.15, 0.2) is 24.3 Å². The van der Waals surface area contributed by atoms with Crippen LogP contribution in [-0.4, -0.2) is 29.5 Å². The molecule has 0 aliphatic carbocycles. The Morgan fingerprint density at radius 2 is 1.83 bits per heavy atom. The van der Waals surface area contributed by atoms with E-state index in [9.17, 15) is 0 Å². The third-order valence-electron chi connectivity index (χ3n) is 5.38. The minimum atomic E-state index is 0.593. The third kappa shape index (κ3) is 3.98. The SMILES string of the molecule is CC(C)CCN1CCC(c2cc3ccc(C(C)C)cc3[nH]2)CC1. The molecule has 1 fully saturated rings. The van der Waals surface area contributed by atoms with Gasteiger partial charge in [0.25, 0.3) is 0 Å². The highest BCUT2D eigenvalue weighted by Gasteiger charge is 2.22. The number of piperidine rings is 1. The molecule has 0 unspecified atom stereocenters. The molecule has 0 radical (unpaired) electrons. The highest BCUT2D eigenvalue weighted by Crippen LogP contribution is 2.31. The van der Waals surface area contributed by atoms with Crippen LogP contribution in [0.5, 0.6) is 0 Å². The predicted molar refractivity (Wildman–Crippen MR) is 100 cm³/mol. The van der Waals surface area contributed by atoms with Gasteiger partial charge in [-0.3, -0.25) is 0 Å². The zero-order valence-corrected chi connectivity index (χ0v) is 15.2. The second kappa shape index (κ2) is 7.09. The van der Waals surface area contributed by atoms with Gasteiger partial charge in [0.2, 0.25) is 0 Å². The van der Waals surface area contributed by atoms with E-state index < -0.39 is 0 Å². The number of likely N-dealkylation sites (tertiary alicyclic amines) is 1. The Bertz CT molecular complexity index is 630. The first-order valence-electron chi connectivity index (χ1n) is 9.38. The van der Waals surface area contributed by atoms with Crippen molar-refractivity contribution < 1.29 is 0 Å². The average molecular weight is 313 g/mol. The number of fused-ring (bicyclic) bond motifs is 1. The van der Waals surface area contributed by atoms with Crippen molar-refractivity contribution in [2.45, 2.75) is 58.8 Å². The van der Waals surface area contributed by atoms with Crippen molar-refractivity contribution >= 4 is 10.9 Å². The Balaban J connectivity index is 1.65. The Kier molecular flexibility index (Phi) is 5.11. The van der Waals surface area contributed by atoms with E-state index >= 15 is 0 Å². The lowest BCUT2D eigenvalue weighted by atomic mass is 9.93. The molecule has 2 nitrogen and oxygen atoms in total. The van der Waals surface area contributed by atoms with Crippen molar-refractivity contribution in [2.24, 2.45) is 5.92 Å². The summed E-state index contributed by atoms with van der Waals surface area (Å²) in [5.41, 5.74) is 4.19. The van der Waals surface area contributed by atoms with Gasteiger partial charge < -0.3 is 9.88 Å². The number of hydrogen-bond acceptors (Lipinski definition) is 1. The summed E-state index contributed by atoms with van der Waals surface area (Å²) in [6, 6.07) is 9.27. The fourth-order valence-electron chi connectivity index (χ4n) is 3.65. The molecule has 1 aliphatic heterocycles. The molecule has 0 spiro atoms. The molecule has 1 aliphatic rings. The highest BCUT2D eigenvalue weighted by atomic mass is 15.1. The number of aromatic amines is 1. The maximum Gasteiger partial charge on any atom is 0.0459 e. The van der Waals surface area contributed by atoms with Gasteiger partial charge in [-0.2, -0.15) is 0 Å². The molecule has 23 heavy (non-hydrogen) atoms. The van der Waals surface area contributed by atoms with E-state index in [1.54, 1.807) is 0 Å². The quantitative estimate of drug-likeness (QED) is 0.770. The second-order valence-electron chi connectivity index (χ2n) is 8.02. The van der Waals surface area contributed by atoms with Crippen LogP contribution in [0.2, 0.25) is 0 Å². The van der Waals surface area contributed by atoms with Crippen molar-refractivity contribution in [1.29, 1.82) is 0 Å². The minimum absolute atomic E-state index is 0.593. The summed E-state index contributed by atoms with van der Waals surface area (Å²) in [5.74, 6) is 2.12. The molecule has 2 heteroatoms. The average Bonchev–Trinajstić information content (AvgIpc) is 2.96. The second-order valence-corrected chi connectivity index (χ2v) is 8.02. The highest BCUT2D eigenvalue weighted by molar-refractivity contribution is 5.81. The van der Waals surface area contributed by atoms with Crippen LogP contribution in [0.3, 0.4) is 0 Å². The summed E-state index contributed by atoms with van der Waals surface area (Å²) in [5, 5.41) is 1.37. The lowest BCUT2D eigenvalue weighted by Crippen LogP contribution is -2.34. The number of aromatic nitrogens is 1. The first kappa shape index (κ1) is 16.6. The van der Waals surface area contributed by atoms with Crippen LogP contribution in [-0.2, 0) is 0 Å². The number of benzene rings is 1. The van der Waals surface area contributed by atoms with Gasteiger partial charge in [-0.15, -0.1) is 0 Å². The lowest BCUT2D eigenvalue weighted by molar-refractivity contribution is 0.201. The smallest absolute Gasteiger partial charge is 0.0459 e. The van der Waals surface area contributed by atoms with Gasteiger partial charge in [0, 0.05) is 17.1 Å². The molecule has 1 aromatic heterocycles. The summed E-state index contributed by atoms with van der Waals surface area (Å²) in [6.07, 6.45) is 3.92. The van der Waals surface area contributed by atoms with Gasteiger partial charge in [-0.1, -0.05) is 39.8 Å². The van der Waals surface area contributed by atoms with Crippen molar-refractivity contribution in [2.75, 3.05) is 19.6 Å². The molecule has 2 heterocycles. The van der Waals surface area contributed by atoms with E-state index in [1.165, 1.54) is 61.1 Å². The first-order chi connectivity index (χ1) is 11.0. The first-order valence-corrected chi connectivity index (χ1v) is 9.38. The van der Waals surface area contributed by atoms with Crippen LogP contribution in [0.1, 0.15) is 70.1 Å². The molecular weight excluding hydrogens is 280 g/mol. The predicted octanol–water partition coefficient (Wildman–Crippen LogP) is 5.52. The largest absolute Gasteiger partial charge is 0.358 e. The summed E-state index contributed by atoms with van der Waals surface area (Å²) in [4.78, 5) is 6.36. The van der Waals surface area contributed by atoms with E-state index in [0.717, 1.165) is 5.92 Å². The van der Waals surface area contributed by atoms with E-state index in [-0.39, 0.29) is 0 Å². The molecular formula is C21H32N2. The van der Waals surface area contributed by atoms with E-state index in [0.29, 0.717) is 11.8 Å². The zero-order valence-electron chi connectivity index (χ0n) is 15.2. The molecule has 0 bridgehead atoms. The van der Waals surface area contributed by atoms with Gasteiger partial charge in [0.1, 0.15) is 0 Å². The molecule has 126 valence electrons. The topological polar surface area (TPSA) is 19.0 Å². The van der Waals surface area contributed by atoms with Gasteiger partial charge in [0.15, 0.2) is 0 Å². The number of nitrogens with one attached hydrogen (secondary N) is 1. The van der Waals surface area contributed by atoms with Crippen molar-refractivity contribution in [1.82, 2.24) is 9.88 Å². The van der Waals surface area contributed by atoms with Crippen LogP contribution in [0, 0.1) is 5.92 Å². The Morgan fingerprint density at radius 1 is 1.09 bits per heavy atom. The van der Waals surface area contributed by atoms with Gasteiger partial charge >= 0.3 is 0 Å². The standard InChI is InChI=1S/C21H32N2/c1-15(2)7-10-23-11-8-17(9-12-23)20-14-19-6-5-18(16(3)4)13-21(19)22-20/h5-6,13-17,22H,7-12H2,1-4H3. The summed E-state index contributed by atoms with van der Waals surface area (Å²) in [7, 11) is 0. The number of nitrogens with zero attached hydrogens (tertiary/aromatic N) is 1. The third-order valence-corrected chi connectivity index (χ3v) is 5.38. The molecule has 1 aromatic carbocycles. The van der Waals surface area contributed by atoms with E-state index in [1.807, 2.05) is 0 Å². The maximum atomic E-state index is 3.71. The molecule has 3 rings (SSSR count). The molecule has 0 saturated carbocycles. The fourth-order valence-corrected chi connectivity index (χ4v) is 3.65. The molecule has 0 atom stereocenters. The van der Waals surface area contributed by atoms with Crippen LogP contribution in [0.4, 0.5) is 0 Å². The van der Waals surface area contributed by atoms with Crippen molar-refractivity contribution in [3.63, 3.8) is 0 Å². The van der Waals surface area contributed by atoms with Crippen LogP contribution < -0.4 is 0 Å². The minimum Gasteiger partial charge on any atom is -0.358 e. The Labute approximate surface area is 141 Å². The van der Waals surface area contributed by atoms with Gasteiger partial charge in [-0.05, 0) is 73.8 Å². The summed E-state index contributed by atoms with van der Waals surface area (Å²) < 4.78 is 0. The molecule has 1 N–H and O–H groups in total. The maximum absolute atomic E-state index is 3.71. The Hall–Kier alpha value is -1.28. The number of rotatable bonds is 5. The van der Waals surface area contributed by atoms with Crippen LogP contribution in [0.25, 0.3) is 10.9 Å². The summed E-state index contributed by atoms with van der Waals surface area (Å²) in [6.45, 7) is 12.9. The van der Waals surface area contributed by atoms with Gasteiger partial charge in [-0.25, -0.2) is 0 Å². The van der Waals surface area contributed by atoms with Gasteiger partial charge in [0.05, 0.1) is 0 Å². The van der Waals surface area contributed by atoms with Crippen molar-refractivity contribution in [3.05, 3.63) is 35.5 Å². The lowest BCUT2D eigenvalue weighted by Gasteiger charge is -2.32. The fraction of sp³-hybridized carbons (Fsp3) is 0.619. The number of hydrogen-bond donors (Lipinski definition) is 1. The zero-order chi connectivity index (χ0) is 16.4. The summed E-state index contributed by atoms with van der Waals surface area (Å²) >= 11 is 0. The molecule has 0 amide bonds. The molecule has 2 aromatic rings. The van der Waals surface area contributed by atoms with Crippen molar-refractivity contribution in [3.8, 4) is 0 Å². The van der Waals surface area contributed by atoms with Crippen LogP contribution >= 0.6 is 0 Å². The normalized spacial score (nSPS) is 17.7. The Morgan fingerprint density at radius 3 is 2.48 bits per heavy atom. The monoisotopic (exact) mass is 312 g/mol. The van der Waals surface area contributed by atoms with E-state index in [2.05, 4.69) is 61.8 Å². The van der Waals surface area contributed by atoms with E-state index in [4.69, 9.17) is 0 Å². The number of H-pyrrole nitrogens is 1.